The van der Waals surface area contributed by atoms with Crippen LogP contribution in [-0.4, -0.2) is 35.1 Å². The summed E-state index contributed by atoms with van der Waals surface area (Å²) in [6.45, 7) is 12.5. The third-order valence-corrected chi connectivity index (χ3v) is 5.84. The van der Waals surface area contributed by atoms with Crippen molar-refractivity contribution in [3.05, 3.63) is 76.7 Å². The molecule has 2 heterocycles. The van der Waals surface area contributed by atoms with Crippen molar-refractivity contribution in [3.63, 3.8) is 0 Å². The minimum atomic E-state index is -1.10. The van der Waals surface area contributed by atoms with Crippen LogP contribution < -0.4 is 5.32 Å². The molecule has 0 spiro atoms. The Labute approximate surface area is 186 Å². The highest BCUT2D eigenvalue weighted by Gasteiger charge is 2.25. The van der Waals surface area contributed by atoms with E-state index in [2.05, 4.69) is 18.5 Å². The van der Waals surface area contributed by atoms with Crippen molar-refractivity contribution in [3.8, 4) is 10.4 Å². The van der Waals surface area contributed by atoms with Gasteiger partial charge >= 0.3 is 12.0 Å². The standard InChI is InChI=1S/C21H19ClN2O3S.C2H6/c1-3-13-9-10-24(11-14(13)4-2)21(27)23-17-12-28-19(18(17)20(25)26)15-5-7-16(22)8-6-15;1-2/h3-8,12H,1-2,9-11H2,(H,23,27)(H,25,26);1-2H3. The number of carbonyl (C=O) groups is 2. The molecule has 1 aliphatic rings. The molecule has 0 unspecified atom stereocenters. The van der Waals surface area contributed by atoms with Crippen molar-refractivity contribution in [2.75, 3.05) is 18.4 Å². The van der Waals surface area contributed by atoms with E-state index in [1.54, 1.807) is 46.7 Å². The molecule has 3 rings (SSSR count). The second kappa shape index (κ2) is 10.8. The smallest absolute Gasteiger partial charge is 0.339 e. The number of rotatable bonds is 5. The van der Waals surface area contributed by atoms with Crippen LogP contribution in [0.5, 0.6) is 0 Å². The molecule has 5 nitrogen and oxygen atoms in total. The summed E-state index contributed by atoms with van der Waals surface area (Å²) >= 11 is 7.18. The Hall–Kier alpha value is -2.83. The summed E-state index contributed by atoms with van der Waals surface area (Å²) in [5.41, 5.74) is 3.11. The molecule has 0 saturated heterocycles. The van der Waals surface area contributed by atoms with Crippen molar-refractivity contribution in [2.45, 2.75) is 20.3 Å². The van der Waals surface area contributed by atoms with Crippen LogP contribution in [0.3, 0.4) is 0 Å². The number of aromatic carboxylic acids is 1. The van der Waals surface area contributed by atoms with Crippen LogP contribution in [-0.2, 0) is 0 Å². The van der Waals surface area contributed by atoms with Crippen LogP contribution in [0.4, 0.5) is 10.5 Å². The third kappa shape index (κ3) is 5.20. The predicted octanol–water partition coefficient (Wildman–Crippen LogP) is 6.70. The molecule has 1 aliphatic heterocycles. The van der Waals surface area contributed by atoms with Gasteiger partial charge in [0, 0.05) is 23.5 Å². The minimum absolute atomic E-state index is 0.0731. The van der Waals surface area contributed by atoms with Gasteiger partial charge in [0.15, 0.2) is 0 Å². The van der Waals surface area contributed by atoms with Crippen LogP contribution in [0.2, 0.25) is 5.02 Å². The van der Waals surface area contributed by atoms with Gasteiger partial charge < -0.3 is 15.3 Å². The van der Waals surface area contributed by atoms with E-state index in [-0.39, 0.29) is 17.3 Å². The van der Waals surface area contributed by atoms with Crippen LogP contribution in [0, 0.1) is 0 Å². The molecule has 2 amide bonds. The highest BCUT2D eigenvalue weighted by atomic mass is 35.5. The second-order valence-electron chi connectivity index (χ2n) is 6.23. The average molecular weight is 445 g/mol. The van der Waals surface area contributed by atoms with Gasteiger partial charge in [-0.1, -0.05) is 62.9 Å². The Bertz CT molecular complexity index is 977. The number of carbonyl (C=O) groups excluding carboxylic acids is 1. The quantitative estimate of drug-likeness (QED) is 0.539. The number of nitrogens with zero attached hydrogens (tertiary/aromatic N) is 1. The van der Waals surface area contributed by atoms with Gasteiger partial charge in [0.2, 0.25) is 0 Å². The first-order chi connectivity index (χ1) is 14.4. The lowest BCUT2D eigenvalue weighted by Gasteiger charge is -2.29. The van der Waals surface area contributed by atoms with Gasteiger partial charge in [-0.15, -0.1) is 11.3 Å². The maximum Gasteiger partial charge on any atom is 0.339 e. The van der Waals surface area contributed by atoms with E-state index in [1.807, 2.05) is 13.8 Å². The largest absolute Gasteiger partial charge is 0.478 e. The number of anilines is 1. The third-order valence-electron chi connectivity index (χ3n) is 4.56. The summed E-state index contributed by atoms with van der Waals surface area (Å²) in [4.78, 5) is 26.8. The zero-order valence-electron chi connectivity index (χ0n) is 17.1. The highest BCUT2D eigenvalue weighted by Crippen LogP contribution is 2.36. The maximum atomic E-state index is 12.7. The molecule has 0 saturated carbocycles. The summed E-state index contributed by atoms with van der Waals surface area (Å²) in [5, 5.41) is 14.7. The number of carboxylic acids is 1. The summed E-state index contributed by atoms with van der Waals surface area (Å²) in [7, 11) is 0. The average Bonchev–Trinajstić information content (AvgIpc) is 3.18. The molecule has 0 fully saturated rings. The summed E-state index contributed by atoms with van der Waals surface area (Å²) in [6.07, 6.45) is 4.19. The fourth-order valence-corrected chi connectivity index (χ4v) is 4.20. The monoisotopic (exact) mass is 444 g/mol. The molecule has 7 heteroatoms. The van der Waals surface area contributed by atoms with Crippen molar-refractivity contribution in [1.29, 1.82) is 0 Å². The van der Waals surface area contributed by atoms with Gasteiger partial charge in [-0.3, -0.25) is 0 Å². The number of amides is 2. The molecule has 0 bridgehead atoms. The number of carboxylic acid groups (broad SMARTS) is 1. The lowest BCUT2D eigenvalue weighted by molar-refractivity contribution is 0.0699. The molecule has 2 N–H and O–H groups in total. The Kier molecular flexibility index (Phi) is 8.45. The molecule has 1 aromatic carbocycles. The lowest BCUT2D eigenvalue weighted by Crippen LogP contribution is -2.39. The predicted molar refractivity (Wildman–Crippen MR) is 126 cm³/mol. The Morgan fingerprint density at radius 2 is 1.80 bits per heavy atom. The van der Waals surface area contributed by atoms with E-state index in [4.69, 9.17) is 11.6 Å². The van der Waals surface area contributed by atoms with Gasteiger partial charge in [-0.25, -0.2) is 9.59 Å². The number of hydrogen-bond acceptors (Lipinski definition) is 3. The van der Waals surface area contributed by atoms with E-state index >= 15 is 0 Å². The Morgan fingerprint density at radius 3 is 2.37 bits per heavy atom. The summed E-state index contributed by atoms with van der Waals surface area (Å²) < 4.78 is 0. The number of urea groups is 1. The number of allylic oxidation sites excluding steroid dienone is 1. The van der Waals surface area contributed by atoms with Crippen molar-refractivity contribution in [1.82, 2.24) is 4.90 Å². The fraction of sp³-hybridized carbons (Fsp3) is 0.217. The normalized spacial score (nSPS) is 13.2. The molecule has 30 heavy (non-hydrogen) atoms. The molecular formula is C23H25ClN2O3S. The molecule has 0 aliphatic carbocycles. The molecule has 0 atom stereocenters. The molecule has 1 aromatic heterocycles. The van der Waals surface area contributed by atoms with Crippen LogP contribution >= 0.6 is 22.9 Å². The number of benzene rings is 1. The number of halogens is 1. The van der Waals surface area contributed by atoms with E-state index in [1.165, 1.54) is 11.3 Å². The molecular weight excluding hydrogens is 420 g/mol. The van der Waals surface area contributed by atoms with Crippen LogP contribution in [0.25, 0.3) is 10.4 Å². The molecule has 2 aromatic rings. The first-order valence-electron chi connectivity index (χ1n) is 9.58. The fourth-order valence-electron chi connectivity index (χ4n) is 3.07. The lowest BCUT2D eigenvalue weighted by atomic mass is 10.0. The number of nitrogens with one attached hydrogen (secondary N) is 1. The van der Waals surface area contributed by atoms with Crippen molar-refractivity contribution >= 4 is 40.6 Å². The van der Waals surface area contributed by atoms with Crippen LogP contribution in [0.15, 0.2) is 66.1 Å². The SMILES string of the molecule is C=CC1=C(C=C)CN(C(=O)Nc2csc(-c3ccc(Cl)cc3)c2C(=O)O)CC1.CC. The van der Waals surface area contributed by atoms with E-state index in [0.717, 1.165) is 16.7 Å². The van der Waals surface area contributed by atoms with Gasteiger partial charge in [-0.05, 0) is 35.3 Å². The number of hydrogen-bond donors (Lipinski definition) is 2. The molecule has 0 radical (unpaired) electrons. The zero-order valence-corrected chi connectivity index (χ0v) is 18.6. The van der Waals surface area contributed by atoms with Crippen LogP contribution in [0.1, 0.15) is 30.6 Å². The van der Waals surface area contributed by atoms with Crippen molar-refractivity contribution < 1.29 is 14.7 Å². The van der Waals surface area contributed by atoms with Gasteiger partial charge in [0.05, 0.1) is 10.6 Å². The van der Waals surface area contributed by atoms with Gasteiger partial charge in [-0.2, -0.15) is 0 Å². The maximum absolute atomic E-state index is 12.7. The first kappa shape index (κ1) is 23.4. The van der Waals surface area contributed by atoms with Gasteiger partial charge in [0.1, 0.15) is 5.56 Å². The minimum Gasteiger partial charge on any atom is -0.478 e. The Morgan fingerprint density at radius 1 is 1.17 bits per heavy atom. The first-order valence-corrected chi connectivity index (χ1v) is 10.8. The highest BCUT2D eigenvalue weighted by molar-refractivity contribution is 7.14. The topological polar surface area (TPSA) is 69.6 Å². The van der Waals surface area contributed by atoms with Crippen molar-refractivity contribution in [2.24, 2.45) is 0 Å². The van der Waals surface area contributed by atoms with E-state index < -0.39 is 5.97 Å². The zero-order chi connectivity index (χ0) is 22.3. The summed E-state index contributed by atoms with van der Waals surface area (Å²) in [5.74, 6) is -1.10. The van der Waals surface area contributed by atoms with E-state index in [0.29, 0.717) is 29.4 Å². The van der Waals surface area contributed by atoms with Gasteiger partial charge in [0.25, 0.3) is 0 Å². The van der Waals surface area contributed by atoms with E-state index in [9.17, 15) is 14.7 Å². The second-order valence-corrected chi connectivity index (χ2v) is 7.54. The molecule has 158 valence electrons. The summed E-state index contributed by atoms with van der Waals surface area (Å²) in [6, 6.07) is 6.58. The number of thiophene rings is 1. The Balaban J connectivity index is 0.00000155.